The Bertz CT molecular complexity index is 1170. The number of halogens is 2. The van der Waals surface area contributed by atoms with Gasteiger partial charge in [-0.3, -0.25) is 9.78 Å². The summed E-state index contributed by atoms with van der Waals surface area (Å²) in [6.07, 6.45) is 3.00. The molecule has 0 spiro atoms. The van der Waals surface area contributed by atoms with Gasteiger partial charge in [-0.2, -0.15) is 0 Å². The first-order valence-corrected chi connectivity index (χ1v) is 12.1. The first-order chi connectivity index (χ1) is 17.1. The van der Waals surface area contributed by atoms with Gasteiger partial charge in [0, 0.05) is 31.6 Å². The zero-order chi connectivity index (χ0) is 25.6. The molecule has 2 aliphatic heterocycles. The fourth-order valence-electron chi connectivity index (χ4n) is 4.82. The minimum absolute atomic E-state index is 0.00991. The Morgan fingerprint density at radius 1 is 1.19 bits per heavy atom. The normalized spacial score (nSPS) is 22.3. The number of nitrogens with zero attached hydrogens (tertiary/aromatic N) is 6. The topological polar surface area (TPSA) is 113 Å². The van der Waals surface area contributed by atoms with Gasteiger partial charge in [0.2, 0.25) is 12.3 Å². The third kappa shape index (κ3) is 4.93. The average Bonchev–Trinajstić information content (AvgIpc) is 3.67. The molecule has 36 heavy (non-hydrogen) atoms. The van der Waals surface area contributed by atoms with E-state index in [-0.39, 0.29) is 35.6 Å². The van der Waals surface area contributed by atoms with Crippen molar-refractivity contribution in [3.8, 4) is 11.4 Å². The summed E-state index contributed by atoms with van der Waals surface area (Å²) in [4.78, 5) is 45.9. The standard InChI is InChI=1S/C24H29F2N7O3/c1-24(2,3)36-23(35)33-7-6-32(11-16(33)13-4-5-13)17-10-27-9-15(30-17)20-19-14(21(25)26)8-18(34)31-22(19)29-12-28-20/h9-10,12-14,16,21H,4-8,11H2,1-3H3,(H,28,29,31,34)/t14-,16-/m1/s1. The lowest BCUT2D eigenvalue weighted by Gasteiger charge is -2.42. The number of alkyl halides is 2. The van der Waals surface area contributed by atoms with Crippen molar-refractivity contribution in [1.82, 2.24) is 24.8 Å². The summed E-state index contributed by atoms with van der Waals surface area (Å²) >= 11 is 0. The van der Waals surface area contributed by atoms with Crippen LogP contribution in [0.2, 0.25) is 0 Å². The summed E-state index contributed by atoms with van der Waals surface area (Å²) in [5.41, 5.74) is 0.148. The first kappa shape index (κ1) is 24.3. The van der Waals surface area contributed by atoms with Crippen LogP contribution >= 0.6 is 0 Å². The van der Waals surface area contributed by atoms with E-state index in [4.69, 9.17) is 9.72 Å². The molecule has 1 saturated carbocycles. The van der Waals surface area contributed by atoms with Crippen LogP contribution in [-0.4, -0.2) is 74.5 Å². The van der Waals surface area contributed by atoms with Crippen molar-refractivity contribution in [1.29, 1.82) is 0 Å². The summed E-state index contributed by atoms with van der Waals surface area (Å²) in [6, 6.07) is -0.00991. The summed E-state index contributed by atoms with van der Waals surface area (Å²) in [7, 11) is 0. The minimum atomic E-state index is -2.75. The monoisotopic (exact) mass is 501 g/mol. The number of hydrogen-bond acceptors (Lipinski definition) is 8. The van der Waals surface area contributed by atoms with Crippen molar-refractivity contribution in [2.24, 2.45) is 5.92 Å². The van der Waals surface area contributed by atoms with E-state index in [0.717, 1.165) is 12.8 Å². The second-order valence-corrected chi connectivity index (χ2v) is 10.5. The maximum Gasteiger partial charge on any atom is 0.410 e. The molecule has 192 valence electrons. The summed E-state index contributed by atoms with van der Waals surface area (Å²) < 4.78 is 33.3. The van der Waals surface area contributed by atoms with E-state index in [9.17, 15) is 18.4 Å². The predicted molar refractivity (Wildman–Crippen MR) is 127 cm³/mol. The zero-order valence-electron chi connectivity index (χ0n) is 20.4. The Morgan fingerprint density at radius 3 is 2.67 bits per heavy atom. The number of hydrogen-bond donors (Lipinski definition) is 1. The fourth-order valence-corrected chi connectivity index (χ4v) is 4.82. The Labute approximate surface area is 207 Å². The number of nitrogens with one attached hydrogen (secondary N) is 1. The van der Waals surface area contributed by atoms with Crippen LogP contribution in [0.5, 0.6) is 0 Å². The molecule has 10 nitrogen and oxygen atoms in total. The number of carbonyl (C=O) groups excluding carboxylic acids is 2. The second kappa shape index (κ2) is 9.21. The molecule has 1 aliphatic carbocycles. The van der Waals surface area contributed by atoms with E-state index in [0.29, 0.717) is 37.1 Å². The number of carbonyl (C=O) groups is 2. The number of amides is 2. The SMILES string of the molecule is CC(C)(C)OC(=O)N1CCN(c2cncc(-c3ncnc4c3[C@H](C(F)F)CC(=O)N4)n2)C[C@@H]1C1CC1. The molecule has 0 aromatic carbocycles. The highest BCUT2D eigenvalue weighted by Crippen LogP contribution is 2.41. The Kier molecular flexibility index (Phi) is 6.21. The largest absolute Gasteiger partial charge is 0.444 e. The van der Waals surface area contributed by atoms with Gasteiger partial charge < -0.3 is 19.9 Å². The number of aromatic nitrogens is 4. The maximum absolute atomic E-state index is 13.8. The molecule has 3 aliphatic rings. The van der Waals surface area contributed by atoms with Gasteiger partial charge in [-0.25, -0.2) is 28.5 Å². The molecule has 2 atom stereocenters. The van der Waals surface area contributed by atoms with Gasteiger partial charge in [0.15, 0.2) is 0 Å². The maximum atomic E-state index is 13.8. The van der Waals surface area contributed by atoms with Crippen LogP contribution in [0.25, 0.3) is 11.4 Å². The predicted octanol–water partition coefficient (Wildman–Crippen LogP) is 3.46. The van der Waals surface area contributed by atoms with Crippen molar-refractivity contribution in [2.45, 2.75) is 64.0 Å². The highest BCUT2D eigenvalue weighted by atomic mass is 19.3. The van der Waals surface area contributed by atoms with Gasteiger partial charge in [0.05, 0.1) is 30.0 Å². The van der Waals surface area contributed by atoms with Gasteiger partial charge >= 0.3 is 6.09 Å². The van der Waals surface area contributed by atoms with Crippen LogP contribution in [0.4, 0.5) is 25.2 Å². The molecule has 2 amide bonds. The van der Waals surface area contributed by atoms with Gasteiger partial charge in [0.1, 0.15) is 29.3 Å². The number of rotatable bonds is 4. The molecule has 2 fully saturated rings. The van der Waals surface area contributed by atoms with Gasteiger partial charge in [-0.15, -0.1) is 0 Å². The first-order valence-electron chi connectivity index (χ1n) is 12.1. The molecule has 0 bridgehead atoms. The molecular formula is C24H29F2N7O3. The lowest BCUT2D eigenvalue weighted by atomic mass is 9.90. The Hall–Kier alpha value is -3.44. The molecule has 0 radical (unpaired) electrons. The number of ether oxygens (including phenoxy) is 1. The highest BCUT2D eigenvalue weighted by Gasteiger charge is 2.43. The smallest absolute Gasteiger partial charge is 0.410 e. The van der Waals surface area contributed by atoms with E-state index < -0.39 is 23.9 Å². The van der Waals surface area contributed by atoms with E-state index in [1.165, 1.54) is 12.5 Å². The molecule has 1 saturated heterocycles. The molecule has 0 unspecified atom stereocenters. The van der Waals surface area contributed by atoms with Crippen molar-refractivity contribution < 1.29 is 23.1 Å². The third-order valence-corrected chi connectivity index (χ3v) is 6.62. The van der Waals surface area contributed by atoms with Gasteiger partial charge in [-0.1, -0.05) is 0 Å². The molecular weight excluding hydrogens is 472 g/mol. The van der Waals surface area contributed by atoms with Gasteiger partial charge in [-0.05, 0) is 39.5 Å². The van der Waals surface area contributed by atoms with Crippen molar-refractivity contribution in [3.05, 3.63) is 24.3 Å². The molecule has 5 rings (SSSR count). The Balaban J connectivity index is 1.42. The van der Waals surface area contributed by atoms with E-state index in [2.05, 4.69) is 25.2 Å². The van der Waals surface area contributed by atoms with Crippen molar-refractivity contribution >= 4 is 23.6 Å². The molecule has 2 aromatic rings. The van der Waals surface area contributed by atoms with Crippen molar-refractivity contribution in [2.75, 3.05) is 29.9 Å². The second-order valence-electron chi connectivity index (χ2n) is 10.5. The molecule has 2 aromatic heterocycles. The zero-order valence-corrected chi connectivity index (χ0v) is 20.4. The van der Waals surface area contributed by atoms with Crippen LogP contribution in [0.1, 0.15) is 51.5 Å². The van der Waals surface area contributed by atoms with Crippen molar-refractivity contribution in [3.63, 3.8) is 0 Å². The fraction of sp³-hybridized carbons (Fsp3) is 0.583. The van der Waals surface area contributed by atoms with E-state index in [1.54, 1.807) is 6.20 Å². The van der Waals surface area contributed by atoms with Crippen LogP contribution < -0.4 is 10.2 Å². The summed E-state index contributed by atoms with van der Waals surface area (Å²) in [6.45, 7) is 7.13. The van der Waals surface area contributed by atoms with Crippen LogP contribution in [0.3, 0.4) is 0 Å². The van der Waals surface area contributed by atoms with E-state index in [1.807, 2.05) is 25.7 Å². The molecule has 1 N–H and O–H groups in total. The van der Waals surface area contributed by atoms with Crippen LogP contribution in [0.15, 0.2) is 18.7 Å². The third-order valence-electron chi connectivity index (χ3n) is 6.62. The Morgan fingerprint density at radius 2 is 1.97 bits per heavy atom. The summed E-state index contributed by atoms with van der Waals surface area (Å²) in [5.74, 6) is -0.782. The van der Waals surface area contributed by atoms with E-state index >= 15 is 0 Å². The molecule has 12 heteroatoms. The summed E-state index contributed by atoms with van der Waals surface area (Å²) in [5, 5.41) is 2.56. The number of fused-ring (bicyclic) bond motifs is 1. The average molecular weight is 502 g/mol. The number of anilines is 2. The van der Waals surface area contributed by atoms with Crippen LogP contribution in [0, 0.1) is 5.92 Å². The number of piperazine rings is 1. The van der Waals surface area contributed by atoms with Crippen LogP contribution in [-0.2, 0) is 9.53 Å². The lowest BCUT2D eigenvalue weighted by Crippen LogP contribution is -2.57. The highest BCUT2D eigenvalue weighted by molar-refractivity contribution is 5.95. The quantitative estimate of drug-likeness (QED) is 0.678. The molecule has 4 heterocycles. The van der Waals surface area contributed by atoms with Gasteiger partial charge in [0.25, 0.3) is 0 Å². The lowest BCUT2D eigenvalue weighted by molar-refractivity contribution is -0.117. The minimum Gasteiger partial charge on any atom is -0.444 e.